The molecule has 3 N–H and O–H groups in total. The molecule has 1 unspecified atom stereocenters. The Hall–Kier alpha value is -4.09. The summed E-state index contributed by atoms with van der Waals surface area (Å²) in [7, 11) is 0. The van der Waals surface area contributed by atoms with Crippen LogP contribution in [0.15, 0.2) is 91.0 Å². The molecular weight excluding hydrogens is 498 g/mol. The van der Waals surface area contributed by atoms with Gasteiger partial charge in [-0.15, -0.1) is 0 Å². The molecule has 4 aromatic rings. The van der Waals surface area contributed by atoms with Gasteiger partial charge in [-0.05, 0) is 77.9 Å². The van der Waals surface area contributed by atoms with Crippen LogP contribution in [0.2, 0.25) is 5.02 Å². The standard InChI is InChI=1S/C16H13ClO2.C16H17NO2/c17-15-5-3-10(4-6-15)11-1-2-12-8-14(16(18)19)9-13(12)7-11;1-12(18)10-13-6-8-15(9-7-13)19-11-14-4-2-3-5-16(14)17/h1-7,14H,8-9H2,(H,18,19);2-9H,10-11,17H2,1H3. The number of ketones is 1. The van der Waals surface area contributed by atoms with Gasteiger partial charge in [-0.3, -0.25) is 9.59 Å². The number of hydrogen-bond acceptors (Lipinski definition) is 4. The zero-order chi connectivity index (χ0) is 27.1. The lowest BCUT2D eigenvalue weighted by Gasteiger charge is -2.08. The first-order chi connectivity index (χ1) is 18.3. The molecule has 38 heavy (non-hydrogen) atoms. The van der Waals surface area contributed by atoms with E-state index in [9.17, 15) is 9.59 Å². The Morgan fingerprint density at radius 2 is 1.55 bits per heavy atom. The molecule has 194 valence electrons. The molecule has 0 bridgehead atoms. The van der Waals surface area contributed by atoms with Crippen LogP contribution >= 0.6 is 11.6 Å². The van der Waals surface area contributed by atoms with Crippen LogP contribution in [0.4, 0.5) is 5.69 Å². The van der Waals surface area contributed by atoms with Crippen molar-refractivity contribution in [3.05, 3.63) is 118 Å². The normalized spacial score (nSPS) is 13.7. The highest BCUT2D eigenvalue weighted by Crippen LogP contribution is 2.31. The highest BCUT2D eigenvalue weighted by atomic mass is 35.5. The molecule has 6 heteroatoms. The topological polar surface area (TPSA) is 89.6 Å². The van der Waals surface area contributed by atoms with Crippen LogP contribution in [0.1, 0.15) is 29.2 Å². The Morgan fingerprint density at radius 3 is 2.21 bits per heavy atom. The fourth-order valence-electron chi connectivity index (χ4n) is 4.43. The summed E-state index contributed by atoms with van der Waals surface area (Å²) < 4.78 is 5.67. The third kappa shape index (κ3) is 7.24. The zero-order valence-corrected chi connectivity index (χ0v) is 21.9. The number of para-hydroxylation sites is 1. The van der Waals surface area contributed by atoms with Crippen molar-refractivity contribution < 1.29 is 19.4 Å². The fraction of sp³-hybridized carbons (Fsp3) is 0.188. The molecule has 5 rings (SSSR count). The third-order valence-electron chi connectivity index (χ3n) is 6.49. The molecule has 0 saturated carbocycles. The van der Waals surface area contributed by atoms with E-state index in [1.165, 1.54) is 0 Å². The molecule has 1 aliphatic carbocycles. The van der Waals surface area contributed by atoms with E-state index >= 15 is 0 Å². The summed E-state index contributed by atoms with van der Waals surface area (Å²) in [6, 6.07) is 29.1. The maximum absolute atomic E-state index is 11.0. The van der Waals surface area contributed by atoms with Crippen molar-refractivity contribution >= 4 is 29.0 Å². The van der Waals surface area contributed by atoms with Gasteiger partial charge in [0.1, 0.15) is 18.1 Å². The number of rotatable bonds is 7. The van der Waals surface area contributed by atoms with Crippen molar-refractivity contribution in [2.24, 2.45) is 5.92 Å². The molecular formula is C32H30ClNO4. The monoisotopic (exact) mass is 527 g/mol. The van der Waals surface area contributed by atoms with Gasteiger partial charge in [-0.1, -0.05) is 72.3 Å². The summed E-state index contributed by atoms with van der Waals surface area (Å²) in [6.45, 7) is 2.03. The first-order valence-corrected chi connectivity index (χ1v) is 12.8. The lowest BCUT2D eigenvalue weighted by molar-refractivity contribution is -0.141. The number of hydrogen-bond donors (Lipinski definition) is 2. The van der Waals surface area contributed by atoms with Crippen molar-refractivity contribution in [2.75, 3.05) is 5.73 Å². The average molecular weight is 528 g/mol. The molecule has 4 aromatic carbocycles. The van der Waals surface area contributed by atoms with Gasteiger partial charge >= 0.3 is 5.97 Å². The first-order valence-electron chi connectivity index (χ1n) is 12.4. The largest absolute Gasteiger partial charge is 0.489 e. The minimum atomic E-state index is -0.704. The van der Waals surface area contributed by atoms with E-state index in [1.54, 1.807) is 6.92 Å². The van der Waals surface area contributed by atoms with E-state index in [0.717, 1.165) is 49.8 Å². The van der Waals surface area contributed by atoms with Gasteiger partial charge < -0.3 is 15.6 Å². The van der Waals surface area contributed by atoms with E-state index in [2.05, 4.69) is 6.07 Å². The fourth-order valence-corrected chi connectivity index (χ4v) is 4.56. The average Bonchev–Trinajstić information content (AvgIpc) is 3.34. The van der Waals surface area contributed by atoms with E-state index in [1.807, 2.05) is 84.9 Å². The van der Waals surface area contributed by atoms with Crippen molar-refractivity contribution in [2.45, 2.75) is 32.8 Å². The number of nitrogens with two attached hydrogens (primary N) is 1. The highest BCUT2D eigenvalue weighted by molar-refractivity contribution is 6.30. The number of carbonyl (C=O) groups excluding carboxylic acids is 1. The van der Waals surface area contributed by atoms with E-state index in [-0.39, 0.29) is 11.7 Å². The van der Waals surface area contributed by atoms with Crippen LogP contribution < -0.4 is 10.5 Å². The quantitative estimate of drug-likeness (QED) is 0.258. The number of aliphatic carboxylic acids is 1. The smallest absolute Gasteiger partial charge is 0.307 e. The second kappa shape index (κ2) is 12.4. The number of carbonyl (C=O) groups is 2. The minimum Gasteiger partial charge on any atom is -0.489 e. The summed E-state index contributed by atoms with van der Waals surface area (Å²) in [4.78, 5) is 22.0. The van der Waals surface area contributed by atoms with Gasteiger partial charge in [0.15, 0.2) is 0 Å². The van der Waals surface area contributed by atoms with Crippen molar-refractivity contribution in [3.63, 3.8) is 0 Å². The number of carboxylic acids is 1. The SMILES string of the molecule is CC(=O)Cc1ccc(OCc2ccccc2N)cc1.O=C(O)C1Cc2ccc(-c3ccc(Cl)cc3)cc2C1. The van der Waals surface area contributed by atoms with Gasteiger partial charge in [0, 0.05) is 22.7 Å². The Bertz CT molecular complexity index is 1410. The van der Waals surface area contributed by atoms with Gasteiger partial charge in [-0.2, -0.15) is 0 Å². The number of carboxylic acid groups (broad SMARTS) is 1. The molecule has 0 amide bonds. The van der Waals surface area contributed by atoms with Gasteiger partial charge in [0.05, 0.1) is 5.92 Å². The van der Waals surface area contributed by atoms with E-state index in [4.69, 9.17) is 27.2 Å². The molecule has 0 aliphatic heterocycles. The molecule has 0 fully saturated rings. The molecule has 0 spiro atoms. The van der Waals surface area contributed by atoms with Crippen LogP contribution in [0.25, 0.3) is 11.1 Å². The Labute approximate surface area is 227 Å². The van der Waals surface area contributed by atoms with Gasteiger partial charge in [0.25, 0.3) is 0 Å². The Kier molecular flexibility index (Phi) is 8.82. The summed E-state index contributed by atoms with van der Waals surface area (Å²) in [5, 5.41) is 9.81. The number of anilines is 1. The van der Waals surface area contributed by atoms with E-state index < -0.39 is 5.97 Å². The molecule has 1 atom stereocenters. The molecule has 0 radical (unpaired) electrons. The zero-order valence-electron chi connectivity index (χ0n) is 21.2. The molecule has 0 aromatic heterocycles. The van der Waals surface area contributed by atoms with Crippen LogP contribution in [0, 0.1) is 5.92 Å². The van der Waals surface area contributed by atoms with Crippen molar-refractivity contribution in [1.82, 2.24) is 0 Å². The summed E-state index contributed by atoms with van der Waals surface area (Å²) in [5.74, 6) is -0.0407. The third-order valence-corrected chi connectivity index (χ3v) is 6.74. The van der Waals surface area contributed by atoms with Gasteiger partial charge in [-0.25, -0.2) is 0 Å². The predicted molar refractivity (Wildman–Crippen MR) is 151 cm³/mol. The number of ether oxygens (including phenoxy) is 1. The predicted octanol–water partition coefficient (Wildman–Crippen LogP) is 6.79. The summed E-state index contributed by atoms with van der Waals surface area (Å²) >= 11 is 5.88. The maximum atomic E-state index is 11.0. The Balaban J connectivity index is 0.000000177. The highest BCUT2D eigenvalue weighted by Gasteiger charge is 2.27. The number of Topliss-reactive ketones (excluding diaryl/α,β-unsaturated/α-hetero) is 1. The van der Waals surface area contributed by atoms with Gasteiger partial charge in [0.2, 0.25) is 0 Å². The van der Waals surface area contributed by atoms with Crippen LogP contribution in [-0.4, -0.2) is 16.9 Å². The lowest BCUT2D eigenvalue weighted by atomic mass is 10.0. The molecule has 0 saturated heterocycles. The second-order valence-electron chi connectivity index (χ2n) is 9.44. The molecule has 5 nitrogen and oxygen atoms in total. The van der Waals surface area contributed by atoms with E-state index in [0.29, 0.717) is 25.9 Å². The molecule has 1 aliphatic rings. The first kappa shape index (κ1) is 27.0. The number of nitrogen functional groups attached to an aromatic ring is 1. The number of halogens is 1. The summed E-state index contributed by atoms with van der Waals surface area (Å²) in [5.41, 5.74) is 13.1. The maximum Gasteiger partial charge on any atom is 0.307 e. The lowest BCUT2D eigenvalue weighted by Crippen LogP contribution is -2.12. The van der Waals surface area contributed by atoms with Crippen LogP contribution in [0.3, 0.4) is 0 Å². The van der Waals surface area contributed by atoms with Crippen LogP contribution in [0.5, 0.6) is 5.75 Å². The number of benzene rings is 4. The Morgan fingerprint density at radius 1 is 0.895 bits per heavy atom. The van der Waals surface area contributed by atoms with Crippen molar-refractivity contribution in [1.29, 1.82) is 0 Å². The minimum absolute atomic E-state index is 0.158. The molecule has 0 heterocycles. The second-order valence-corrected chi connectivity index (χ2v) is 9.88. The van der Waals surface area contributed by atoms with Crippen molar-refractivity contribution in [3.8, 4) is 16.9 Å². The van der Waals surface area contributed by atoms with Crippen LogP contribution in [-0.2, 0) is 35.5 Å². The summed E-state index contributed by atoms with van der Waals surface area (Å²) in [6.07, 6.45) is 1.74. The number of fused-ring (bicyclic) bond motifs is 1.